The second-order valence-corrected chi connectivity index (χ2v) is 5.04. The molecule has 0 unspecified atom stereocenters. The van der Waals surface area contributed by atoms with E-state index in [2.05, 4.69) is 20.6 Å². The zero-order chi connectivity index (χ0) is 16.2. The molecule has 4 N–H and O–H groups in total. The van der Waals surface area contributed by atoms with Gasteiger partial charge in [-0.15, -0.1) is 0 Å². The molecule has 0 aliphatic carbocycles. The van der Waals surface area contributed by atoms with E-state index in [1.165, 1.54) is 18.4 Å². The van der Waals surface area contributed by atoms with Gasteiger partial charge < -0.3 is 19.7 Å². The minimum absolute atomic E-state index is 0.149. The van der Waals surface area contributed by atoms with E-state index >= 15 is 0 Å². The maximum Gasteiger partial charge on any atom is 0.323 e. The molecule has 116 valence electrons. The third-order valence-electron chi connectivity index (χ3n) is 2.95. The number of hydrogen-bond donors (Lipinski definition) is 4. The monoisotopic (exact) mass is 328 g/mol. The van der Waals surface area contributed by atoms with Crippen molar-refractivity contribution in [1.82, 2.24) is 15.3 Å². The Kier molecular flexibility index (Phi) is 4.07. The van der Waals surface area contributed by atoms with Crippen LogP contribution < -0.4 is 16.3 Å². The van der Waals surface area contributed by atoms with Crippen molar-refractivity contribution in [3.63, 3.8) is 0 Å². The third kappa shape index (κ3) is 3.74. The third-order valence-corrected chi connectivity index (χ3v) is 3.16. The van der Waals surface area contributed by atoms with Gasteiger partial charge in [-0.3, -0.25) is 10.1 Å². The molecule has 8 heteroatoms. The van der Waals surface area contributed by atoms with Crippen LogP contribution in [0.2, 0.25) is 0 Å². The topological polar surface area (TPSA) is 103 Å². The van der Waals surface area contributed by atoms with Gasteiger partial charge in [0.05, 0.1) is 17.3 Å². The number of aromatic nitrogens is 2. The molecular formula is C15H12N4O3S. The van der Waals surface area contributed by atoms with Gasteiger partial charge in [0.1, 0.15) is 5.76 Å². The Morgan fingerprint density at radius 3 is 2.83 bits per heavy atom. The summed E-state index contributed by atoms with van der Waals surface area (Å²) in [6, 6.07) is 8.64. The van der Waals surface area contributed by atoms with Crippen LogP contribution in [-0.2, 0) is 4.79 Å². The minimum Gasteiger partial charge on any atom is -0.465 e. The SMILES string of the molecule is O=C(C=Cc1ccco1)NC(=S)Nc1ccc2[nH]c(=O)[nH]c2c1. The fourth-order valence-electron chi connectivity index (χ4n) is 1.97. The number of fused-ring (bicyclic) bond motifs is 1. The number of thiocarbonyl (C=S) groups is 1. The minimum atomic E-state index is -0.380. The molecule has 23 heavy (non-hydrogen) atoms. The van der Waals surface area contributed by atoms with E-state index in [-0.39, 0.29) is 16.7 Å². The zero-order valence-corrected chi connectivity index (χ0v) is 12.6. The molecule has 0 bridgehead atoms. The number of carbonyl (C=O) groups is 1. The highest BCUT2D eigenvalue weighted by Gasteiger charge is 2.04. The Hall–Kier alpha value is -3.13. The Balaban J connectivity index is 1.61. The van der Waals surface area contributed by atoms with E-state index in [0.29, 0.717) is 22.5 Å². The van der Waals surface area contributed by atoms with Crippen molar-refractivity contribution in [2.45, 2.75) is 0 Å². The first kappa shape index (κ1) is 14.8. The average molecular weight is 328 g/mol. The first-order chi connectivity index (χ1) is 11.1. The smallest absolute Gasteiger partial charge is 0.323 e. The van der Waals surface area contributed by atoms with Crippen LogP contribution in [0.15, 0.2) is 51.9 Å². The molecule has 2 heterocycles. The highest BCUT2D eigenvalue weighted by molar-refractivity contribution is 7.80. The summed E-state index contributed by atoms with van der Waals surface area (Å²) in [5, 5.41) is 5.54. The molecule has 0 aliphatic rings. The van der Waals surface area contributed by atoms with E-state index in [9.17, 15) is 9.59 Å². The van der Waals surface area contributed by atoms with Crippen molar-refractivity contribution >= 4 is 46.0 Å². The molecule has 0 saturated heterocycles. The van der Waals surface area contributed by atoms with Gasteiger partial charge in [0.15, 0.2) is 5.11 Å². The Bertz CT molecular complexity index is 937. The highest BCUT2D eigenvalue weighted by atomic mass is 32.1. The molecule has 0 fully saturated rings. The predicted molar refractivity (Wildman–Crippen MR) is 91.0 cm³/mol. The summed E-state index contributed by atoms with van der Waals surface area (Å²) in [4.78, 5) is 28.2. The lowest BCUT2D eigenvalue weighted by atomic mass is 10.3. The van der Waals surface area contributed by atoms with Crippen molar-refractivity contribution in [2.75, 3.05) is 5.32 Å². The molecule has 7 nitrogen and oxygen atoms in total. The zero-order valence-electron chi connectivity index (χ0n) is 11.8. The van der Waals surface area contributed by atoms with Crippen molar-refractivity contribution in [1.29, 1.82) is 0 Å². The van der Waals surface area contributed by atoms with E-state index in [4.69, 9.17) is 16.6 Å². The molecule has 0 atom stereocenters. The van der Waals surface area contributed by atoms with Crippen LogP contribution in [0.25, 0.3) is 17.1 Å². The molecule has 3 aromatic rings. The summed E-state index contributed by atoms with van der Waals surface area (Å²) in [5.41, 5.74) is 1.70. The lowest BCUT2D eigenvalue weighted by Crippen LogP contribution is -2.32. The number of furan rings is 1. The lowest BCUT2D eigenvalue weighted by Gasteiger charge is -2.07. The van der Waals surface area contributed by atoms with Gasteiger partial charge in [0.25, 0.3) is 0 Å². The summed E-state index contributed by atoms with van der Waals surface area (Å²) in [6.45, 7) is 0. The van der Waals surface area contributed by atoms with Crippen LogP contribution in [0.3, 0.4) is 0 Å². The number of hydrogen-bond acceptors (Lipinski definition) is 4. The average Bonchev–Trinajstić information content (AvgIpc) is 3.12. The second-order valence-electron chi connectivity index (χ2n) is 4.63. The van der Waals surface area contributed by atoms with Gasteiger partial charge in [-0.2, -0.15) is 0 Å². The van der Waals surface area contributed by atoms with E-state index in [1.54, 1.807) is 30.3 Å². The number of amides is 1. The van der Waals surface area contributed by atoms with Gasteiger partial charge in [0.2, 0.25) is 5.91 Å². The van der Waals surface area contributed by atoms with E-state index < -0.39 is 0 Å². The van der Waals surface area contributed by atoms with Gasteiger partial charge in [-0.1, -0.05) is 0 Å². The normalized spacial score (nSPS) is 11.0. The largest absolute Gasteiger partial charge is 0.465 e. The molecule has 1 amide bonds. The highest BCUT2D eigenvalue weighted by Crippen LogP contribution is 2.14. The molecule has 0 spiro atoms. The van der Waals surface area contributed by atoms with Crippen LogP contribution in [-0.4, -0.2) is 21.0 Å². The number of carbonyl (C=O) groups excluding carboxylic acids is 1. The fraction of sp³-hybridized carbons (Fsp3) is 0. The molecule has 2 aromatic heterocycles. The number of anilines is 1. The molecule has 0 radical (unpaired) electrons. The quantitative estimate of drug-likeness (QED) is 0.435. The number of aromatic amines is 2. The number of benzene rings is 1. The summed E-state index contributed by atoms with van der Waals surface area (Å²) < 4.78 is 5.08. The molecule has 0 aliphatic heterocycles. The van der Waals surface area contributed by atoms with Crippen molar-refractivity contribution < 1.29 is 9.21 Å². The molecule has 3 rings (SSSR count). The van der Waals surface area contributed by atoms with Crippen LogP contribution in [0.1, 0.15) is 5.76 Å². The number of H-pyrrole nitrogens is 2. The van der Waals surface area contributed by atoms with Crippen molar-refractivity contribution in [3.8, 4) is 0 Å². The molecular weight excluding hydrogens is 316 g/mol. The second kappa shape index (κ2) is 6.32. The van der Waals surface area contributed by atoms with Gasteiger partial charge >= 0.3 is 5.69 Å². The number of imidazole rings is 1. The predicted octanol–water partition coefficient (Wildman–Crippen LogP) is 1.98. The van der Waals surface area contributed by atoms with E-state index in [1.807, 2.05) is 0 Å². The summed E-state index contributed by atoms with van der Waals surface area (Å²) in [5.74, 6) is 0.191. The van der Waals surface area contributed by atoms with Gasteiger partial charge in [-0.25, -0.2) is 4.79 Å². The lowest BCUT2D eigenvalue weighted by molar-refractivity contribution is -0.115. The van der Waals surface area contributed by atoms with Gasteiger partial charge in [-0.05, 0) is 48.6 Å². The van der Waals surface area contributed by atoms with E-state index in [0.717, 1.165) is 0 Å². The first-order valence-electron chi connectivity index (χ1n) is 6.66. The molecule has 0 saturated carbocycles. The maximum absolute atomic E-state index is 11.7. The van der Waals surface area contributed by atoms with Crippen molar-refractivity contribution in [3.05, 3.63) is 58.9 Å². The maximum atomic E-state index is 11.7. The standard InChI is InChI=1S/C15H12N4O3S/c20-13(6-4-10-2-1-7-22-10)19-15(23)16-9-3-5-11-12(8-9)18-14(21)17-11/h1-8H,(H2,17,18,21)(H2,16,19,20,23). The van der Waals surface area contributed by atoms with Crippen LogP contribution in [0.5, 0.6) is 0 Å². The Morgan fingerprint density at radius 2 is 2.04 bits per heavy atom. The number of rotatable bonds is 3. The Labute approximate surface area is 135 Å². The van der Waals surface area contributed by atoms with Crippen molar-refractivity contribution in [2.24, 2.45) is 0 Å². The summed E-state index contributed by atoms with van der Waals surface area (Å²) >= 11 is 5.07. The van der Waals surface area contributed by atoms with Crippen LogP contribution in [0, 0.1) is 0 Å². The van der Waals surface area contributed by atoms with Gasteiger partial charge in [0, 0.05) is 11.8 Å². The molecule has 1 aromatic carbocycles. The first-order valence-corrected chi connectivity index (χ1v) is 7.06. The summed E-state index contributed by atoms with van der Waals surface area (Å²) in [7, 11) is 0. The fourth-order valence-corrected chi connectivity index (χ4v) is 2.19. The van der Waals surface area contributed by atoms with Crippen LogP contribution >= 0.6 is 12.2 Å². The van der Waals surface area contributed by atoms with Crippen LogP contribution in [0.4, 0.5) is 5.69 Å². The Morgan fingerprint density at radius 1 is 1.22 bits per heavy atom. The summed E-state index contributed by atoms with van der Waals surface area (Å²) in [6.07, 6.45) is 4.37. The number of nitrogens with one attached hydrogen (secondary N) is 4.